The molecule has 116 valence electrons. The molecule has 2 rings (SSSR count). The van der Waals surface area contributed by atoms with E-state index in [4.69, 9.17) is 4.74 Å². The van der Waals surface area contributed by atoms with Crippen LogP contribution in [0.5, 0.6) is 5.75 Å². The Kier molecular flexibility index (Phi) is 5.57. The maximum Gasteiger partial charge on any atom is 0.236 e. The van der Waals surface area contributed by atoms with E-state index in [-0.39, 0.29) is 17.4 Å². The fourth-order valence-corrected chi connectivity index (χ4v) is 3.33. The van der Waals surface area contributed by atoms with Gasteiger partial charge in [-0.1, -0.05) is 11.3 Å². The Labute approximate surface area is 137 Å². The van der Waals surface area contributed by atoms with Crippen LogP contribution >= 0.6 is 23.1 Å². The van der Waals surface area contributed by atoms with Gasteiger partial charge in [0.05, 0.1) is 23.4 Å². The number of nitrogens with one attached hydrogen (secondary N) is 1. The van der Waals surface area contributed by atoms with Crippen molar-refractivity contribution in [1.82, 2.24) is 4.98 Å². The van der Waals surface area contributed by atoms with Crippen molar-refractivity contribution in [2.24, 2.45) is 0 Å². The zero-order chi connectivity index (χ0) is 16.1. The maximum absolute atomic E-state index is 11.9. The third kappa shape index (κ3) is 4.32. The van der Waals surface area contributed by atoms with Crippen LogP contribution in [0.4, 0.5) is 5.13 Å². The number of thiazole rings is 1. The number of rotatable bonds is 6. The molecule has 1 aromatic heterocycles. The minimum Gasteiger partial charge on any atom is -0.497 e. The maximum atomic E-state index is 11.9. The molecule has 7 heteroatoms. The van der Waals surface area contributed by atoms with E-state index in [1.807, 2.05) is 24.3 Å². The van der Waals surface area contributed by atoms with Crippen LogP contribution in [0.2, 0.25) is 0 Å². The SMILES string of the molecule is COc1ccc(SCC(=O)Nc2nc(C)c(C(C)=O)s2)cc1. The second-order valence-corrected chi connectivity index (χ2v) is 6.55. The molecule has 0 aliphatic rings. The predicted octanol–water partition coefficient (Wildman–Crippen LogP) is 3.39. The van der Waals surface area contributed by atoms with Crippen molar-refractivity contribution in [3.8, 4) is 5.75 Å². The number of amides is 1. The standard InChI is InChI=1S/C15H16N2O3S2/c1-9-14(10(2)18)22-15(16-9)17-13(19)8-21-12-6-4-11(20-3)5-7-12/h4-7H,8H2,1-3H3,(H,16,17,19). The molecule has 1 N–H and O–H groups in total. The average Bonchev–Trinajstić information content (AvgIpc) is 2.86. The Morgan fingerprint density at radius 2 is 2.00 bits per heavy atom. The van der Waals surface area contributed by atoms with E-state index in [0.29, 0.717) is 15.7 Å². The molecule has 5 nitrogen and oxygen atoms in total. The van der Waals surface area contributed by atoms with Crippen molar-refractivity contribution < 1.29 is 14.3 Å². The first-order chi connectivity index (χ1) is 10.5. The molecule has 0 saturated heterocycles. The lowest BCUT2D eigenvalue weighted by atomic mass is 10.3. The van der Waals surface area contributed by atoms with Gasteiger partial charge in [0.15, 0.2) is 10.9 Å². The molecule has 0 saturated carbocycles. The van der Waals surface area contributed by atoms with Gasteiger partial charge in [-0.2, -0.15) is 0 Å². The average molecular weight is 336 g/mol. The Morgan fingerprint density at radius 3 is 2.55 bits per heavy atom. The van der Waals surface area contributed by atoms with Crippen molar-refractivity contribution in [1.29, 1.82) is 0 Å². The summed E-state index contributed by atoms with van der Waals surface area (Å²) in [6.07, 6.45) is 0. The van der Waals surface area contributed by atoms with Crippen LogP contribution in [0, 0.1) is 6.92 Å². The fraction of sp³-hybridized carbons (Fsp3) is 0.267. The van der Waals surface area contributed by atoms with Gasteiger partial charge in [-0.3, -0.25) is 9.59 Å². The summed E-state index contributed by atoms with van der Waals surface area (Å²) in [6.45, 7) is 3.25. The van der Waals surface area contributed by atoms with Gasteiger partial charge in [0.2, 0.25) is 5.91 Å². The van der Waals surface area contributed by atoms with Crippen LogP contribution in [-0.4, -0.2) is 29.5 Å². The fourth-order valence-electron chi connectivity index (χ4n) is 1.75. The molecule has 1 amide bonds. The summed E-state index contributed by atoms with van der Waals surface area (Å²) in [5.41, 5.74) is 0.649. The Morgan fingerprint density at radius 1 is 1.32 bits per heavy atom. The van der Waals surface area contributed by atoms with Crippen molar-refractivity contribution in [3.05, 3.63) is 34.8 Å². The molecule has 0 aliphatic heterocycles. The smallest absolute Gasteiger partial charge is 0.236 e. The summed E-state index contributed by atoms with van der Waals surface area (Å²) >= 11 is 2.63. The predicted molar refractivity (Wildman–Crippen MR) is 89.2 cm³/mol. The number of nitrogens with zero attached hydrogens (tertiary/aromatic N) is 1. The van der Waals surface area contributed by atoms with E-state index in [2.05, 4.69) is 10.3 Å². The van der Waals surface area contributed by atoms with E-state index in [0.717, 1.165) is 10.6 Å². The molecule has 0 aliphatic carbocycles. The molecule has 1 aromatic carbocycles. The van der Waals surface area contributed by atoms with Gasteiger partial charge in [0, 0.05) is 11.8 Å². The summed E-state index contributed by atoms with van der Waals surface area (Å²) in [4.78, 5) is 29.0. The minimum absolute atomic E-state index is 0.0388. The lowest BCUT2D eigenvalue weighted by Crippen LogP contribution is -2.13. The zero-order valence-corrected chi connectivity index (χ0v) is 14.1. The van der Waals surface area contributed by atoms with Gasteiger partial charge < -0.3 is 10.1 Å². The molecule has 0 atom stereocenters. The lowest BCUT2D eigenvalue weighted by Gasteiger charge is -2.03. The van der Waals surface area contributed by atoms with Crippen molar-refractivity contribution in [2.45, 2.75) is 18.7 Å². The Bertz CT molecular complexity index is 681. The number of hydrogen-bond acceptors (Lipinski definition) is 6. The topological polar surface area (TPSA) is 68.3 Å². The number of aryl methyl sites for hydroxylation is 1. The number of hydrogen-bond donors (Lipinski definition) is 1. The van der Waals surface area contributed by atoms with Crippen LogP contribution < -0.4 is 10.1 Å². The molecular formula is C15H16N2O3S2. The normalized spacial score (nSPS) is 10.3. The second kappa shape index (κ2) is 7.42. The molecule has 2 aromatic rings. The quantitative estimate of drug-likeness (QED) is 0.647. The van der Waals surface area contributed by atoms with Gasteiger partial charge in [-0.05, 0) is 31.2 Å². The Hall–Kier alpha value is -1.86. The monoisotopic (exact) mass is 336 g/mol. The Balaban J connectivity index is 1.89. The molecule has 22 heavy (non-hydrogen) atoms. The van der Waals surface area contributed by atoms with Crippen LogP contribution in [-0.2, 0) is 4.79 Å². The third-order valence-electron chi connectivity index (χ3n) is 2.79. The molecule has 1 heterocycles. The van der Waals surface area contributed by atoms with Gasteiger partial charge in [-0.25, -0.2) is 4.98 Å². The second-order valence-electron chi connectivity index (χ2n) is 4.50. The molecule has 0 fully saturated rings. The summed E-state index contributed by atoms with van der Waals surface area (Å²) in [5, 5.41) is 3.18. The number of anilines is 1. The molecular weight excluding hydrogens is 320 g/mol. The first kappa shape index (κ1) is 16.5. The van der Waals surface area contributed by atoms with Crippen LogP contribution in [0.15, 0.2) is 29.2 Å². The van der Waals surface area contributed by atoms with E-state index in [1.165, 1.54) is 30.0 Å². The number of ether oxygens (including phenoxy) is 1. The van der Waals surface area contributed by atoms with Crippen molar-refractivity contribution in [2.75, 3.05) is 18.2 Å². The highest BCUT2D eigenvalue weighted by atomic mass is 32.2. The number of carbonyl (C=O) groups excluding carboxylic acids is 2. The van der Waals surface area contributed by atoms with E-state index >= 15 is 0 Å². The number of carbonyl (C=O) groups is 2. The van der Waals surface area contributed by atoms with Gasteiger partial charge in [0.1, 0.15) is 5.75 Å². The number of aromatic nitrogens is 1. The highest BCUT2D eigenvalue weighted by Gasteiger charge is 2.13. The highest BCUT2D eigenvalue weighted by molar-refractivity contribution is 8.00. The van der Waals surface area contributed by atoms with Crippen molar-refractivity contribution in [3.63, 3.8) is 0 Å². The number of Topliss-reactive ketones (excluding diaryl/α,β-unsaturated/α-hetero) is 1. The molecule has 0 radical (unpaired) electrons. The summed E-state index contributed by atoms with van der Waals surface area (Å²) in [5.74, 6) is 0.872. The van der Waals surface area contributed by atoms with Crippen LogP contribution in [0.3, 0.4) is 0 Å². The largest absolute Gasteiger partial charge is 0.497 e. The molecule has 0 spiro atoms. The van der Waals surface area contributed by atoms with E-state index in [1.54, 1.807) is 14.0 Å². The van der Waals surface area contributed by atoms with Crippen LogP contribution in [0.25, 0.3) is 0 Å². The highest BCUT2D eigenvalue weighted by Crippen LogP contribution is 2.24. The van der Waals surface area contributed by atoms with E-state index in [9.17, 15) is 9.59 Å². The van der Waals surface area contributed by atoms with E-state index < -0.39 is 0 Å². The molecule has 0 bridgehead atoms. The van der Waals surface area contributed by atoms with Crippen LogP contribution in [0.1, 0.15) is 22.3 Å². The van der Waals surface area contributed by atoms with Gasteiger partial charge >= 0.3 is 0 Å². The summed E-state index contributed by atoms with van der Waals surface area (Å²) in [6, 6.07) is 7.50. The van der Waals surface area contributed by atoms with Gasteiger partial charge in [-0.15, -0.1) is 11.8 Å². The molecule has 0 unspecified atom stereocenters. The zero-order valence-electron chi connectivity index (χ0n) is 12.5. The minimum atomic E-state index is -0.148. The number of benzene rings is 1. The van der Waals surface area contributed by atoms with Crippen molar-refractivity contribution >= 4 is 39.9 Å². The first-order valence-electron chi connectivity index (χ1n) is 6.54. The van der Waals surface area contributed by atoms with Gasteiger partial charge in [0.25, 0.3) is 0 Å². The number of thioether (sulfide) groups is 1. The first-order valence-corrected chi connectivity index (χ1v) is 8.35. The third-order valence-corrected chi connectivity index (χ3v) is 4.98. The summed E-state index contributed by atoms with van der Waals surface area (Å²) in [7, 11) is 1.61. The lowest BCUT2D eigenvalue weighted by molar-refractivity contribution is -0.113. The number of ketones is 1. The summed E-state index contributed by atoms with van der Waals surface area (Å²) < 4.78 is 5.08. The number of methoxy groups -OCH3 is 1.